The Kier molecular flexibility index (Phi) is 10.2. The third kappa shape index (κ3) is 8.23. The summed E-state index contributed by atoms with van der Waals surface area (Å²) in [5.41, 5.74) is 1.39. The Balaban J connectivity index is 1.69. The van der Waals surface area contributed by atoms with Crippen LogP contribution in [-0.4, -0.2) is 50.0 Å². The predicted molar refractivity (Wildman–Crippen MR) is 144 cm³/mol. The Hall–Kier alpha value is -2.58. The van der Waals surface area contributed by atoms with E-state index in [9.17, 15) is 18.0 Å². The molecule has 3 rings (SSSR count). The largest absolute Gasteiger partial charge is 0.352 e. The van der Waals surface area contributed by atoms with Crippen molar-refractivity contribution in [1.29, 1.82) is 0 Å². The highest BCUT2D eigenvalue weighted by Gasteiger charge is 2.28. The summed E-state index contributed by atoms with van der Waals surface area (Å²) >= 11 is 6.06. The standard InChI is InChI=1S/C27H36ClN3O4S/c1-21(27(33)29-24-14-7-4-8-15-24)30(20-22-11-5-3-6-12-22)26(32)17-10-18-31(36(2,34)35)25-16-9-13-23(28)19-25/h3,5-6,9,11-13,16,19,21,24H,4,7-8,10,14-15,17-18,20H2,1-2H3,(H,29,33)/t21-/m0/s1. The Morgan fingerprint density at radius 2 is 1.75 bits per heavy atom. The maximum Gasteiger partial charge on any atom is 0.242 e. The summed E-state index contributed by atoms with van der Waals surface area (Å²) in [7, 11) is -3.56. The van der Waals surface area contributed by atoms with Gasteiger partial charge in [0.15, 0.2) is 0 Å². The van der Waals surface area contributed by atoms with Crippen LogP contribution in [0.25, 0.3) is 0 Å². The number of hydrogen-bond acceptors (Lipinski definition) is 4. The van der Waals surface area contributed by atoms with Crippen molar-refractivity contribution < 1.29 is 18.0 Å². The van der Waals surface area contributed by atoms with Crippen LogP contribution in [0, 0.1) is 0 Å². The molecule has 0 unspecified atom stereocenters. The number of hydrogen-bond donors (Lipinski definition) is 1. The molecule has 7 nitrogen and oxygen atoms in total. The fraction of sp³-hybridized carbons (Fsp3) is 0.481. The summed E-state index contributed by atoms with van der Waals surface area (Å²) in [4.78, 5) is 28.0. The van der Waals surface area contributed by atoms with Crippen LogP contribution in [0.2, 0.25) is 5.02 Å². The normalized spacial score (nSPS) is 15.2. The SMILES string of the molecule is C[C@@H](C(=O)NC1CCCCC1)N(Cc1ccccc1)C(=O)CCCN(c1cccc(Cl)c1)S(C)(=O)=O. The third-order valence-electron chi connectivity index (χ3n) is 6.56. The van der Waals surface area contributed by atoms with E-state index >= 15 is 0 Å². The zero-order valence-electron chi connectivity index (χ0n) is 21.0. The first-order valence-corrected chi connectivity index (χ1v) is 14.7. The second-order valence-corrected chi connectivity index (χ2v) is 11.8. The van der Waals surface area contributed by atoms with Gasteiger partial charge < -0.3 is 10.2 Å². The van der Waals surface area contributed by atoms with E-state index in [1.807, 2.05) is 30.3 Å². The number of sulfonamides is 1. The van der Waals surface area contributed by atoms with Gasteiger partial charge in [0.2, 0.25) is 21.8 Å². The van der Waals surface area contributed by atoms with E-state index in [1.54, 1.807) is 36.1 Å². The Labute approximate surface area is 219 Å². The molecule has 2 aromatic rings. The molecule has 1 fully saturated rings. The van der Waals surface area contributed by atoms with Crippen LogP contribution in [-0.2, 0) is 26.2 Å². The first-order valence-electron chi connectivity index (χ1n) is 12.5. The number of nitrogens with one attached hydrogen (secondary N) is 1. The first-order chi connectivity index (χ1) is 17.1. The number of amides is 2. The molecule has 0 spiro atoms. The van der Waals surface area contributed by atoms with Gasteiger partial charge in [0.25, 0.3) is 0 Å². The summed E-state index contributed by atoms with van der Waals surface area (Å²) < 4.78 is 26.1. The van der Waals surface area contributed by atoms with Crippen molar-refractivity contribution in [2.45, 2.75) is 70.5 Å². The molecule has 0 bridgehead atoms. The lowest BCUT2D eigenvalue weighted by molar-refractivity contribution is -0.141. The van der Waals surface area contributed by atoms with Crippen molar-refractivity contribution in [3.05, 3.63) is 65.2 Å². The molecule has 1 atom stereocenters. The Morgan fingerprint density at radius 3 is 2.39 bits per heavy atom. The first kappa shape index (κ1) is 28.0. The molecule has 0 radical (unpaired) electrons. The molecule has 2 aromatic carbocycles. The van der Waals surface area contributed by atoms with Gasteiger partial charge in [-0.3, -0.25) is 13.9 Å². The van der Waals surface area contributed by atoms with Crippen LogP contribution in [0.15, 0.2) is 54.6 Å². The van der Waals surface area contributed by atoms with Crippen molar-refractivity contribution in [2.24, 2.45) is 0 Å². The van der Waals surface area contributed by atoms with Gasteiger partial charge in [-0.1, -0.05) is 67.3 Å². The van der Waals surface area contributed by atoms with Crippen molar-refractivity contribution in [2.75, 3.05) is 17.1 Å². The highest BCUT2D eigenvalue weighted by atomic mass is 35.5. The van der Waals surface area contributed by atoms with Crippen LogP contribution >= 0.6 is 11.6 Å². The van der Waals surface area contributed by atoms with Gasteiger partial charge in [-0.05, 0) is 49.9 Å². The van der Waals surface area contributed by atoms with E-state index in [2.05, 4.69) is 5.32 Å². The molecule has 2 amide bonds. The Morgan fingerprint density at radius 1 is 1.06 bits per heavy atom. The predicted octanol–water partition coefficient (Wildman–Crippen LogP) is 4.75. The number of carbonyl (C=O) groups is 2. The second-order valence-electron chi connectivity index (χ2n) is 9.45. The molecule has 0 saturated heterocycles. The lowest BCUT2D eigenvalue weighted by Crippen LogP contribution is -2.50. The van der Waals surface area contributed by atoms with E-state index in [1.165, 1.54) is 10.7 Å². The van der Waals surface area contributed by atoms with E-state index in [0.717, 1.165) is 37.5 Å². The smallest absolute Gasteiger partial charge is 0.242 e. The number of rotatable bonds is 11. The molecule has 36 heavy (non-hydrogen) atoms. The molecule has 1 aliphatic carbocycles. The van der Waals surface area contributed by atoms with Gasteiger partial charge in [0.05, 0.1) is 11.9 Å². The summed E-state index contributed by atoms with van der Waals surface area (Å²) in [6.07, 6.45) is 6.90. The zero-order valence-corrected chi connectivity index (χ0v) is 22.6. The van der Waals surface area contributed by atoms with Gasteiger partial charge in [-0.2, -0.15) is 0 Å². The topological polar surface area (TPSA) is 86.8 Å². The molecule has 1 saturated carbocycles. The number of halogens is 1. The van der Waals surface area contributed by atoms with Crippen molar-refractivity contribution in [3.8, 4) is 0 Å². The Bertz CT molecular complexity index is 1120. The van der Waals surface area contributed by atoms with E-state index in [0.29, 0.717) is 23.7 Å². The molecule has 0 aliphatic heterocycles. The minimum Gasteiger partial charge on any atom is -0.352 e. The highest BCUT2D eigenvalue weighted by molar-refractivity contribution is 7.92. The summed E-state index contributed by atoms with van der Waals surface area (Å²) in [6, 6.07) is 15.7. The van der Waals surface area contributed by atoms with Gasteiger partial charge in [0, 0.05) is 30.6 Å². The summed E-state index contributed by atoms with van der Waals surface area (Å²) in [5, 5.41) is 3.56. The summed E-state index contributed by atoms with van der Waals surface area (Å²) in [5.74, 6) is -0.340. The van der Waals surface area contributed by atoms with Crippen LogP contribution < -0.4 is 9.62 Å². The number of benzene rings is 2. The number of anilines is 1. The van der Waals surface area contributed by atoms with Gasteiger partial charge >= 0.3 is 0 Å². The fourth-order valence-electron chi connectivity index (χ4n) is 4.57. The molecular weight excluding hydrogens is 498 g/mol. The van der Waals surface area contributed by atoms with Gasteiger partial charge in [0.1, 0.15) is 6.04 Å². The quantitative estimate of drug-likeness (QED) is 0.451. The van der Waals surface area contributed by atoms with Gasteiger partial charge in [-0.25, -0.2) is 8.42 Å². The molecule has 1 N–H and O–H groups in total. The molecule has 0 aromatic heterocycles. The monoisotopic (exact) mass is 533 g/mol. The second kappa shape index (κ2) is 13.1. The summed E-state index contributed by atoms with van der Waals surface area (Å²) in [6.45, 7) is 2.20. The van der Waals surface area contributed by atoms with Crippen LogP contribution in [0.1, 0.15) is 57.4 Å². The zero-order chi connectivity index (χ0) is 26.1. The van der Waals surface area contributed by atoms with Crippen LogP contribution in [0.5, 0.6) is 0 Å². The lowest BCUT2D eigenvalue weighted by Gasteiger charge is -2.31. The van der Waals surface area contributed by atoms with Crippen LogP contribution in [0.4, 0.5) is 5.69 Å². The third-order valence-corrected chi connectivity index (χ3v) is 7.99. The van der Waals surface area contributed by atoms with Gasteiger partial charge in [-0.15, -0.1) is 0 Å². The highest BCUT2D eigenvalue weighted by Crippen LogP contribution is 2.23. The minimum atomic E-state index is -3.56. The molecule has 9 heteroatoms. The van der Waals surface area contributed by atoms with Crippen molar-refractivity contribution >= 4 is 39.1 Å². The van der Waals surface area contributed by atoms with Crippen molar-refractivity contribution in [3.63, 3.8) is 0 Å². The van der Waals surface area contributed by atoms with Crippen molar-refractivity contribution in [1.82, 2.24) is 10.2 Å². The molecule has 0 heterocycles. The van der Waals surface area contributed by atoms with E-state index < -0.39 is 16.1 Å². The molecule has 1 aliphatic rings. The molecular formula is C27H36ClN3O4S. The maximum absolute atomic E-state index is 13.4. The number of carbonyl (C=O) groups excluding carboxylic acids is 2. The fourth-order valence-corrected chi connectivity index (χ4v) is 5.71. The van der Waals surface area contributed by atoms with E-state index in [-0.39, 0.29) is 30.8 Å². The maximum atomic E-state index is 13.4. The average molecular weight is 534 g/mol. The average Bonchev–Trinajstić information content (AvgIpc) is 2.85. The van der Waals surface area contributed by atoms with E-state index in [4.69, 9.17) is 11.6 Å². The number of nitrogens with zero attached hydrogens (tertiary/aromatic N) is 2. The van der Waals surface area contributed by atoms with Crippen LogP contribution in [0.3, 0.4) is 0 Å². The lowest BCUT2D eigenvalue weighted by atomic mass is 9.95. The minimum absolute atomic E-state index is 0.112. The molecule has 196 valence electrons.